The van der Waals surface area contributed by atoms with Crippen molar-refractivity contribution in [1.82, 2.24) is 10.2 Å². The van der Waals surface area contributed by atoms with Gasteiger partial charge in [0.05, 0.1) is 18.6 Å². The maximum atomic E-state index is 12.7. The van der Waals surface area contributed by atoms with Crippen molar-refractivity contribution in [2.45, 2.75) is 30.6 Å². The Balaban J connectivity index is 1.64. The summed E-state index contributed by atoms with van der Waals surface area (Å²) in [5.41, 5.74) is 0.753. The summed E-state index contributed by atoms with van der Waals surface area (Å²) in [6.45, 7) is -1.06. The van der Waals surface area contributed by atoms with Crippen LogP contribution in [0.5, 0.6) is 5.75 Å². The highest BCUT2D eigenvalue weighted by Crippen LogP contribution is 2.32. The number of hydrogen-bond acceptors (Lipinski definition) is 10. The number of hydrogen-bond donors (Lipinski definition) is 5. The second-order valence-corrected chi connectivity index (χ2v) is 8.54. The summed E-state index contributed by atoms with van der Waals surface area (Å²) in [5, 5.41) is 41.4. The SMILES string of the molecule is COc1ccc(/C=C2\SC(=S)N(CC(=O)N[C@H]3[C@H](O)[C@H](O)[C@H](CO)O[C@@H]3O)C2=O)cc1. The molecular formula is C19H22N2O8S2. The quantitative estimate of drug-likeness (QED) is 0.254. The maximum Gasteiger partial charge on any atom is 0.266 e. The van der Waals surface area contributed by atoms with Crippen molar-refractivity contribution in [2.24, 2.45) is 0 Å². The monoisotopic (exact) mass is 470 g/mol. The first kappa shape index (κ1) is 23.6. The highest BCUT2D eigenvalue weighted by Gasteiger charge is 2.44. The van der Waals surface area contributed by atoms with E-state index < -0.39 is 55.6 Å². The Bertz CT molecular complexity index is 878. The molecule has 0 aliphatic carbocycles. The van der Waals surface area contributed by atoms with Crippen LogP contribution in [0.4, 0.5) is 0 Å². The smallest absolute Gasteiger partial charge is 0.266 e. The summed E-state index contributed by atoms with van der Waals surface area (Å²) >= 11 is 6.25. The van der Waals surface area contributed by atoms with Crippen LogP contribution >= 0.6 is 24.0 Å². The van der Waals surface area contributed by atoms with Crippen molar-refractivity contribution < 1.29 is 39.5 Å². The van der Waals surface area contributed by atoms with Crippen LogP contribution in [-0.4, -0.2) is 92.4 Å². The fourth-order valence-corrected chi connectivity index (χ4v) is 4.37. The van der Waals surface area contributed by atoms with Gasteiger partial charge in [-0.05, 0) is 23.8 Å². The molecular weight excluding hydrogens is 448 g/mol. The third-order valence-electron chi connectivity index (χ3n) is 4.82. The summed E-state index contributed by atoms with van der Waals surface area (Å²) < 4.78 is 10.3. The Hall–Kier alpha value is -2.06. The molecule has 5 N–H and O–H groups in total. The molecule has 2 aliphatic heterocycles. The zero-order valence-electron chi connectivity index (χ0n) is 16.4. The molecule has 10 nitrogen and oxygen atoms in total. The van der Waals surface area contributed by atoms with Crippen LogP contribution in [0.1, 0.15) is 5.56 Å². The second-order valence-electron chi connectivity index (χ2n) is 6.86. The van der Waals surface area contributed by atoms with E-state index in [1.165, 1.54) is 0 Å². The topological polar surface area (TPSA) is 149 Å². The molecule has 0 bridgehead atoms. The number of benzene rings is 1. The number of amides is 2. The Morgan fingerprint density at radius 3 is 2.58 bits per heavy atom. The van der Waals surface area contributed by atoms with Gasteiger partial charge in [0.1, 0.15) is 41.0 Å². The van der Waals surface area contributed by atoms with Gasteiger partial charge in [0.15, 0.2) is 6.29 Å². The number of ether oxygens (including phenoxy) is 2. The highest BCUT2D eigenvalue weighted by atomic mass is 32.2. The number of thioether (sulfide) groups is 1. The fraction of sp³-hybridized carbons (Fsp3) is 0.421. The molecule has 2 saturated heterocycles. The van der Waals surface area contributed by atoms with E-state index in [9.17, 15) is 24.9 Å². The van der Waals surface area contributed by atoms with Gasteiger partial charge in [-0.15, -0.1) is 0 Å². The molecule has 3 rings (SSSR count). The summed E-state index contributed by atoms with van der Waals surface area (Å²) in [7, 11) is 1.55. The predicted octanol–water partition coefficient (Wildman–Crippen LogP) is -1.19. The first-order chi connectivity index (χ1) is 14.7. The minimum absolute atomic E-state index is 0.182. The molecule has 5 atom stereocenters. The minimum Gasteiger partial charge on any atom is -0.497 e. The number of methoxy groups -OCH3 is 1. The van der Waals surface area contributed by atoms with Gasteiger partial charge in [0, 0.05) is 0 Å². The predicted molar refractivity (Wildman–Crippen MR) is 115 cm³/mol. The van der Waals surface area contributed by atoms with Gasteiger partial charge in [0.2, 0.25) is 5.91 Å². The summed E-state index contributed by atoms with van der Waals surface area (Å²) in [4.78, 5) is 26.5. The Morgan fingerprint density at radius 2 is 1.97 bits per heavy atom. The number of carbonyl (C=O) groups is 2. The van der Waals surface area contributed by atoms with Crippen molar-refractivity contribution in [2.75, 3.05) is 20.3 Å². The highest BCUT2D eigenvalue weighted by molar-refractivity contribution is 8.26. The van der Waals surface area contributed by atoms with Gasteiger partial charge in [-0.25, -0.2) is 0 Å². The first-order valence-corrected chi connectivity index (χ1v) is 10.5. The fourth-order valence-electron chi connectivity index (χ4n) is 3.12. The summed E-state index contributed by atoms with van der Waals surface area (Å²) in [6, 6.07) is 5.69. The van der Waals surface area contributed by atoms with E-state index in [2.05, 4.69) is 5.32 Å². The summed E-state index contributed by atoms with van der Waals surface area (Å²) in [5.74, 6) is -0.501. The molecule has 0 radical (unpaired) electrons. The van der Waals surface area contributed by atoms with Gasteiger partial charge in [-0.1, -0.05) is 36.1 Å². The van der Waals surface area contributed by atoms with Gasteiger partial charge in [0.25, 0.3) is 5.91 Å². The zero-order chi connectivity index (χ0) is 22.7. The molecule has 0 unspecified atom stereocenters. The normalized spacial score (nSPS) is 30.0. The second kappa shape index (κ2) is 10.0. The number of nitrogens with one attached hydrogen (secondary N) is 1. The number of aliphatic hydroxyl groups excluding tert-OH is 4. The minimum atomic E-state index is -1.65. The largest absolute Gasteiger partial charge is 0.497 e. The van der Waals surface area contributed by atoms with E-state index in [0.29, 0.717) is 10.7 Å². The molecule has 31 heavy (non-hydrogen) atoms. The third kappa shape index (κ3) is 5.23. The third-order valence-corrected chi connectivity index (χ3v) is 6.19. The molecule has 1 aromatic rings. The standard InChI is InChI=1S/C19H22N2O8S2/c1-28-10-4-2-9(3-5-10)6-12-17(26)21(19(30)31-12)7-13(23)20-14-16(25)15(24)11(8-22)29-18(14)27/h2-6,11,14-16,18,22,24-25,27H,7-8H2,1H3,(H,20,23)/b12-6-/t11-,14-,15+,16-,18-/m0/s1. The average Bonchev–Trinajstić information content (AvgIpc) is 3.01. The van der Waals surface area contributed by atoms with Crippen LogP contribution in [0.25, 0.3) is 6.08 Å². The molecule has 0 aromatic heterocycles. The Kier molecular flexibility index (Phi) is 7.64. The van der Waals surface area contributed by atoms with Crippen LogP contribution in [0.15, 0.2) is 29.2 Å². The molecule has 168 valence electrons. The van der Waals surface area contributed by atoms with Crippen molar-refractivity contribution in [3.8, 4) is 5.75 Å². The Morgan fingerprint density at radius 1 is 1.29 bits per heavy atom. The van der Waals surface area contributed by atoms with E-state index in [1.54, 1.807) is 37.5 Å². The van der Waals surface area contributed by atoms with Gasteiger partial charge >= 0.3 is 0 Å². The number of aliphatic hydroxyl groups is 4. The number of thiocarbonyl (C=S) groups is 1. The molecule has 2 amide bonds. The van der Waals surface area contributed by atoms with Crippen LogP contribution < -0.4 is 10.1 Å². The molecule has 2 aliphatic rings. The van der Waals surface area contributed by atoms with Gasteiger partial charge < -0.3 is 35.2 Å². The van der Waals surface area contributed by atoms with Crippen LogP contribution in [0.3, 0.4) is 0 Å². The maximum absolute atomic E-state index is 12.7. The van der Waals surface area contributed by atoms with E-state index in [-0.39, 0.29) is 4.32 Å². The lowest BCUT2D eigenvalue weighted by molar-refractivity contribution is -0.253. The van der Waals surface area contributed by atoms with Crippen molar-refractivity contribution in [3.05, 3.63) is 34.7 Å². The van der Waals surface area contributed by atoms with E-state index in [0.717, 1.165) is 22.2 Å². The van der Waals surface area contributed by atoms with E-state index in [4.69, 9.17) is 26.8 Å². The number of carbonyl (C=O) groups excluding carboxylic acids is 2. The first-order valence-electron chi connectivity index (χ1n) is 9.24. The van der Waals surface area contributed by atoms with Crippen LogP contribution in [0, 0.1) is 0 Å². The molecule has 12 heteroatoms. The van der Waals surface area contributed by atoms with Crippen LogP contribution in [0.2, 0.25) is 0 Å². The lowest BCUT2D eigenvalue weighted by Crippen LogP contribution is -2.64. The zero-order valence-corrected chi connectivity index (χ0v) is 18.0. The van der Waals surface area contributed by atoms with Gasteiger partial charge in [-0.2, -0.15) is 0 Å². The number of nitrogens with zero attached hydrogens (tertiary/aromatic N) is 1. The molecule has 0 saturated carbocycles. The summed E-state index contributed by atoms with van der Waals surface area (Å²) in [6.07, 6.45) is -4.29. The van der Waals surface area contributed by atoms with Gasteiger partial charge in [-0.3, -0.25) is 14.5 Å². The Labute approximate surface area is 187 Å². The molecule has 2 fully saturated rings. The molecule has 2 heterocycles. The van der Waals surface area contributed by atoms with Crippen molar-refractivity contribution in [1.29, 1.82) is 0 Å². The van der Waals surface area contributed by atoms with E-state index >= 15 is 0 Å². The molecule has 0 spiro atoms. The van der Waals surface area contributed by atoms with E-state index in [1.807, 2.05) is 0 Å². The molecule has 1 aromatic carbocycles. The average molecular weight is 471 g/mol. The lowest BCUT2D eigenvalue weighted by Gasteiger charge is -2.40. The van der Waals surface area contributed by atoms with Crippen molar-refractivity contribution in [3.63, 3.8) is 0 Å². The van der Waals surface area contributed by atoms with Crippen molar-refractivity contribution >= 4 is 46.2 Å². The lowest BCUT2D eigenvalue weighted by atomic mass is 9.97. The van der Waals surface area contributed by atoms with Crippen LogP contribution in [-0.2, 0) is 14.3 Å². The number of rotatable bonds is 6.